The number of aromatic nitrogens is 1. The van der Waals surface area contributed by atoms with Crippen LogP contribution in [0.2, 0.25) is 0 Å². The molecule has 0 unspecified atom stereocenters. The molecule has 5 heteroatoms. The summed E-state index contributed by atoms with van der Waals surface area (Å²) in [5, 5.41) is 6.73. The Morgan fingerprint density at radius 1 is 0.574 bits per heavy atom. The zero-order valence-corrected chi connectivity index (χ0v) is 28.0. The molecule has 47 heavy (non-hydrogen) atoms. The Kier molecular flexibility index (Phi) is 5.00. The predicted molar refractivity (Wildman–Crippen MR) is 207 cm³/mol. The molecule has 5 heterocycles. The third-order valence-electron chi connectivity index (χ3n) is 10.5. The van der Waals surface area contributed by atoms with E-state index in [1.54, 1.807) is 0 Å². The number of benzene rings is 6. The maximum Gasteiger partial charge on any atom is 0.343 e. The summed E-state index contributed by atoms with van der Waals surface area (Å²) < 4.78 is 8.12. The normalized spacial score (nSPS) is 13.8. The van der Waals surface area contributed by atoms with Gasteiger partial charge in [-0.15, -0.1) is 22.7 Å². The highest BCUT2D eigenvalue weighted by molar-refractivity contribution is 7.32. The minimum atomic E-state index is 0.0555. The Morgan fingerprint density at radius 3 is 2.23 bits per heavy atom. The molecule has 0 atom stereocenters. The first kappa shape index (κ1) is 26.3. The molecule has 0 aliphatic carbocycles. The highest BCUT2D eigenvalue weighted by Gasteiger charge is 2.45. The van der Waals surface area contributed by atoms with Crippen molar-refractivity contribution in [2.45, 2.75) is 26.2 Å². The Morgan fingerprint density at radius 2 is 1.36 bits per heavy atom. The first-order chi connectivity index (χ1) is 23.0. The van der Waals surface area contributed by atoms with E-state index in [9.17, 15) is 0 Å². The Labute approximate surface area is 281 Å². The second kappa shape index (κ2) is 8.94. The van der Waals surface area contributed by atoms with Crippen molar-refractivity contribution in [3.63, 3.8) is 0 Å². The first-order valence-corrected chi connectivity index (χ1v) is 18.0. The van der Waals surface area contributed by atoms with Crippen molar-refractivity contribution in [3.8, 4) is 16.8 Å². The molecule has 11 rings (SSSR count). The fourth-order valence-corrected chi connectivity index (χ4v) is 10.8. The first-order valence-electron chi connectivity index (χ1n) is 16.4. The van der Waals surface area contributed by atoms with Gasteiger partial charge in [0.25, 0.3) is 0 Å². The minimum Gasteiger partial charge on any atom is -0.376 e. The van der Waals surface area contributed by atoms with E-state index in [0.717, 1.165) is 0 Å². The van der Waals surface area contributed by atoms with Gasteiger partial charge in [-0.05, 0) is 70.5 Å². The zero-order valence-electron chi connectivity index (χ0n) is 26.3. The summed E-state index contributed by atoms with van der Waals surface area (Å²) in [6.07, 6.45) is 0. The molecular weight excluding hydrogens is 607 g/mol. The Bertz CT molecular complexity index is 2790. The lowest BCUT2D eigenvalue weighted by molar-refractivity contribution is 0.591. The summed E-state index contributed by atoms with van der Waals surface area (Å²) in [4.78, 5) is 2.61. The number of hydrogen-bond donors (Lipinski definition) is 0. The largest absolute Gasteiger partial charge is 0.376 e. The van der Waals surface area contributed by atoms with Crippen molar-refractivity contribution in [2.75, 3.05) is 4.81 Å². The van der Waals surface area contributed by atoms with Crippen molar-refractivity contribution in [1.82, 2.24) is 4.57 Å². The SMILES string of the molecule is CC(C)(C)c1ccc2sc3c(c2c1)-n1c2cc4sc5ccccc5c4cc2c2ccc4c(c21)B3N(c1ccccc1)c1ccccc1-4. The van der Waals surface area contributed by atoms with E-state index >= 15 is 0 Å². The van der Waals surface area contributed by atoms with Gasteiger partial charge >= 0.3 is 6.85 Å². The van der Waals surface area contributed by atoms with Gasteiger partial charge < -0.3 is 9.38 Å². The number of thiophene rings is 2. The quantitative estimate of drug-likeness (QED) is 0.163. The molecule has 9 aromatic rings. The molecule has 0 radical (unpaired) electrons. The molecule has 0 saturated carbocycles. The van der Waals surface area contributed by atoms with Gasteiger partial charge in [0.15, 0.2) is 0 Å². The van der Waals surface area contributed by atoms with Gasteiger partial charge in [-0.3, -0.25) is 0 Å². The van der Waals surface area contributed by atoms with Crippen molar-refractivity contribution in [2.24, 2.45) is 0 Å². The molecule has 3 aromatic heterocycles. The molecule has 2 aliphatic heterocycles. The topological polar surface area (TPSA) is 8.17 Å². The maximum atomic E-state index is 2.65. The van der Waals surface area contributed by atoms with Crippen molar-refractivity contribution >= 4 is 103 Å². The van der Waals surface area contributed by atoms with E-state index < -0.39 is 0 Å². The molecule has 0 spiro atoms. The molecule has 2 aliphatic rings. The smallest absolute Gasteiger partial charge is 0.343 e. The van der Waals surface area contributed by atoms with Gasteiger partial charge in [0.1, 0.15) is 0 Å². The summed E-state index contributed by atoms with van der Waals surface area (Å²) in [5.74, 6) is 0. The van der Waals surface area contributed by atoms with Crippen molar-refractivity contribution in [1.29, 1.82) is 0 Å². The van der Waals surface area contributed by atoms with Crippen LogP contribution in [0, 0.1) is 0 Å². The minimum absolute atomic E-state index is 0.0555. The fourth-order valence-electron chi connectivity index (χ4n) is 8.38. The monoisotopic (exact) mass is 636 g/mol. The summed E-state index contributed by atoms with van der Waals surface area (Å²) in [6.45, 7) is 7.04. The number of hydrogen-bond acceptors (Lipinski definition) is 3. The van der Waals surface area contributed by atoms with Gasteiger partial charge in [0.05, 0.1) is 16.7 Å². The van der Waals surface area contributed by atoms with Crippen LogP contribution >= 0.6 is 22.7 Å². The maximum absolute atomic E-state index is 2.65. The highest BCUT2D eigenvalue weighted by Crippen LogP contribution is 2.48. The number of nitrogens with zero attached hydrogens (tertiary/aromatic N) is 2. The van der Waals surface area contributed by atoms with Gasteiger partial charge in [-0.1, -0.05) is 93.6 Å². The van der Waals surface area contributed by atoms with Gasteiger partial charge in [0.2, 0.25) is 0 Å². The van der Waals surface area contributed by atoms with E-state index in [1.807, 2.05) is 22.7 Å². The van der Waals surface area contributed by atoms with Crippen molar-refractivity contribution < 1.29 is 0 Å². The lowest BCUT2D eigenvalue weighted by atomic mass is 9.47. The van der Waals surface area contributed by atoms with Crippen LogP contribution in [0.1, 0.15) is 26.3 Å². The van der Waals surface area contributed by atoms with Crippen LogP contribution in [0.5, 0.6) is 0 Å². The molecular formula is C42H29BN2S2. The molecule has 6 aromatic carbocycles. The number of rotatable bonds is 1. The summed E-state index contributed by atoms with van der Waals surface area (Å²) >= 11 is 3.88. The van der Waals surface area contributed by atoms with Crippen molar-refractivity contribution in [3.05, 3.63) is 127 Å². The van der Waals surface area contributed by atoms with Crippen LogP contribution < -0.4 is 15.1 Å². The van der Waals surface area contributed by atoms with E-state index in [2.05, 4.69) is 151 Å². The molecule has 0 amide bonds. The molecule has 0 N–H and O–H groups in total. The number of anilines is 2. The number of fused-ring (bicyclic) bond motifs is 13. The Hall–Kier alpha value is -4.84. The zero-order chi connectivity index (χ0) is 31.2. The third kappa shape index (κ3) is 3.36. The van der Waals surface area contributed by atoms with E-state index in [4.69, 9.17) is 0 Å². The standard InChI is InChI=1S/C42H29BN2S2/c1-42(2,3)24-17-20-36-32(21-24)40-41(47-36)43-38-28(26-13-7-9-15-33(26)45(43)25-11-5-4-6-12-25)18-19-29-30-22-31-27-14-8-10-16-35(27)46-37(31)23-34(30)44(40)39(29)38/h4-23H,1-3H3. The highest BCUT2D eigenvalue weighted by atomic mass is 32.1. The molecule has 2 nitrogen and oxygen atoms in total. The lowest BCUT2D eigenvalue weighted by Gasteiger charge is -2.40. The molecule has 0 fully saturated rings. The molecule has 0 saturated heterocycles. The van der Waals surface area contributed by atoms with Crippen LogP contribution in [-0.4, -0.2) is 11.4 Å². The second-order valence-corrected chi connectivity index (χ2v) is 16.3. The number of para-hydroxylation sites is 2. The van der Waals surface area contributed by atoms with Gasteiger partial charge in [0, 0.05) is 62.7 Å². The van der Waals surface area contributed by atoms with E-state index in [0.29, 0.717) is 0 Å². The molecule has 0 bridgehead atoms. The summed E-state index contributed by atoms with van der Waals surface area (Å²) in [7, 11) is 0. The average molecular weight is 637 g/mol. The average Bonchev–Trinajstić information content (AvgIpc) is 3.75. The van der Waals surface area contributed by atoms with E-state index in [1.165, 1.54) is 96.1 Å². The second-order valence-electron chi connectivity index (χ2n) is 14.1. The van der Waals surface area contributed by atoms with E-state index in [-0.39, 0.29) is 12.3 Å². The van der Waals surface area contributed by atoms with Gasteiger partial charge in [-0.2, -0.15) is 0 Å². The third-order valence-corrected chi connectivity index (χ3v) is 12.9. The predicted octanol–water partition coefficient (Wildman–Crippen LogP) is 10.9. The van der Waals surface area contributed by atoms with Crippen LogP contribution in [0.15, 0.2) is 121 Å². The van der Waals surface area contributed by atoms with Crippen LogP contribution in [0.3, 0.4) is 0 Å². The Balaban J connectivity index is 1.36. The van der Waals surface area contributed by atoms with Crippen LogP contribution in [0.4, 0.5) is 11.4 Å². The summed E-state index contributed by atoms with van der Waals surface area (Å²) in [5.41, 5.74) is 12.0. The van der Waals surface area contributed by atoms with Crippen LogP contribution in [0.25, 0.3) is 68.9 Å². The fraction of sp³-hybridized carbons (Fsp3) is 0.0952. The van der Waals surface area contributed by atoms with Gasteiger partial charge in [-0.25, -0.2) is 0 Å². The lowest BCUT2D eigenvalue weighted by Crippen LogP contribution is -2.59. The van der Waals surface area contributed by atoms with Crippen LogP contribution in [-0.2, 0) is 5.41 Å². The summed E-state index contributed by atoms with van der Waals surface area (Å²) in [6, 6.07) is 45.9. The molecule has 222 valence electrons.